The van der Waals surface area contributed by atoms with Crippen LogP contribution in [0.25, 0.3) is 0 Å². The molecule has 0 N–H and O–H groups in total. The summed E-state index contributed by atoms with van der Waals surface area (Å²) in [5.41, 5.74) is -3.79. The number of halogens is 6. The monoisotopic (exact) mass is 284 g/mol. The standard InChI is InChI=1S/C13H14F6/c1-11(2,3)7-8-9(12(14,15)16)5-4-6-10(8)13(17,18)19/h4-6H,7H2,1-3H3. The van der Waals surface area contributed by atoms with E-state index in [2.05, 4.69) is 0 Å². The quantitative estimate of drug-likeness (QED) is 0.613. The Morgan fingerprint density at radius 2 is 1.16 bits per heavy atom. The summed E-state index contributed by atoms with van der Waals surface area (Å²) >= 11 is 0. The van der Waals surface area contributed by atoms with Gasteiger partial charge in [0.25, 0.3) is 0 Å². The minimum Gasteiger partial charge on any atom is -0.166 e. The number of rotatable bonds is 1. The van der Waals surface area contributed by atoms with Gasteiger partial charge in [0.05, 0.1) is 11.1 Å². The summed E-state index contributed by atoms with van der Waals surface area (Å²) in [6.45, 7) is 4.79. The van der Waals surface area contributed by atoms with E-state index in [0.29, 0.717) is 12.1 Å². The molecule has 0 heterocycles. The molecule has 6 heteroatoms. The summed E-state index contributed by atoms with van der Waals surface area (Å²) in [6, 6.07) is 2.17. The molecule has 0 saturated heterocycles. The molecule has 0 aliphatic heterocycles. The van der Waals surface area contributed by atoms with E-state index in [1.165, 1.54) is 0 Å². The fourth-order valence-corrected chi connectivity index (χ4v) is 1.84. The van der Waals surface area contributed by atoms with E-state index >= 15 is 0 Å². The first kappa shape index (κ1) is 15.9. The molecule has 19 heavy (non-hydrogen) atoms. The van der Waals surface area contributed by atoms with Gasteiger partial charge in [-0.1, -0.05) is 26.8 Å². The maximum absolute atomic E-state index is 12.8. The fourth-order valence-electron chi connectivity index (χ4n) is 1.84. The molecule has 0 bridgehead atoms. The van der Waals surface area contributed by atoms with Gasteiger partial charge in [0.1, 0.15) is 0 Å². The van der Waals surface area contributed by atoms with Gasteiger partial charge in [-0.15, -0.1) is 0 Å². The Morgan fingerprint density at radius 1 is 0.789 bits per heavy atom. The number of benzene rings is 1. The Kier molecular flexibility index (Phi) is 3.94. The Bertz CT molecular complexity index is 415. The van der Waals surface area contributed by atoms with E-state index < -0.39 is 34.5 Å². The first-order chi connectivity index (χ1) is 8.32. The van der Waals surface area contributed by atoms with Crippen LogP contribution in [0.3, 0.4) is 0 Å². The van der Waals surface area contributed by atoms with Crippen LogP contribution in [0.5, 0.6) is 0 Å². The predicted molar refractivity (Wildman–Crippen MR) is 59.6 cm³/mol. The predicted octanol–water partition coefficient (Wildman–Crippen LogP) is 5.31. The molecule has 1 aromatic rings. The van der Waals surface area contributed by atoms with Crippen LogP contribution in [0, 0.1) is 5.41 Å². The van der Waals surface area contributed by atoms with Gasteiger partial charge < -0.3 is 0 Å². The van der Waals surface area contributed by atoms with E-state index in [9.17, 15) is 26.3 Å². The summed E-state index contributed by atoms with van der Waals surface area (Å²) in [4.78, 5) is 0. The summed E-state index contributed by atoms with van der Waals surface area (Å²) in [5, 5.41) is 0. The average molecular weight is 284 g/mol. The first-order valence-corrected chi connectivity index (χ1v) is 5.59. The molecule has 0 atom stereocenters. The highest BCUT2D eigenvalue weighted by Gasteiger charge is 2.41. The summed E-state index contributed by atoms with van der Waals surface area (Å²) in [6.07, 6.45) is -9.87. The Labute approximate surface area is 107 Å². The molecule has 0 aromatic heterocycles. The molecule has 108 valence electrons. The van der Waals surface area contributed by atoms with Crippen LogP contribution in [0.2, 0.25) is 0 Å². The van der Waals surface area contributed by atoms with E-state index in [1.807, 2.05) is 0 Å². The lowest BCUT2D eigenvalue weighted by atomic mass is 9.83. The van der Waals surface area contributed by atoms with E-state index in [4.69, 9.17) is 0 Å². The van der Waals surface area contributed by atoms with Crippen LogP contribution in [0.1, 0.15) is 37.5 Å². The van der Waals surface area contributed by atoms with Gasteiger partial charge in [-0.25, -0.2) is 0 Å². The zero-order chi connectivity index (χ0) is 15.1. The zero-order valence-electron chi connectivity index (χ0n) is 10.7. The second-order valence-electron chi connectivity index (χ2n) is 5.56. The zero-order valence-corrected chi connectivity index (χ0v) is 10.7. The molecule has 0 nitrogen and oxygen atoms in total. The first-order valence-electron chi connectivity index (χ1n) is 5.59. The van der Waals surface area contributed by atoms with Crippen molar-refractivity contribution in [1.82, 2.24) is 0 Å². The van der Waals surface area contributed by atoms with E-state index in [-0.39, 0.29) is 6.42 Å². The molecule has 0 aliphatic rings. The highest BCUT2D eigenvalue weighted by molar-refractivity contribution is 5.39. The molecule has 0 radical (unpaired) electrons. The van der Waals surface area contributed by atoms with E-state index in [0.717, 1.165) is 6.07 Å². The summed E-state index contributed by atoms with van der Waals surface area (Å²) in [5.74, 6) is 0. The van der Waals surface area contributed by atoms with Crippen LogP contribution < -0.4 is 0 Å². The van der Waals surface area contributed by atoms with Crippen molar-refractivity contribution >= 4 is 0 Å². The highest BCUT2D eigenvalue weighted by atomic mass is 19.4. The molecule has 1 aromatic carbocycles. The number of hydrogen-bond acceptors (Lipinski definition) is 0. The second kappa shape index (κ2) is 4.72. The minimum absolute atomic E-state index is 0.294. The van der Waals surface area contributed by atoms with Crippen LogP contribution in [0.15, 0.2) is 18.2 Å². The Hall–Kier alpha value is -1.20. The second-order valence-corrected chi connectivity index (χ2v) is 5.56. The fraction of sp³-hybridized carbons (Fsp3) is 0.538. The molecule has 0 unspecified atom stereocenters. The summed E-state index contributed by atoms with van der Waals surface area (Å²) < 4.78 is 76.9. The average Bonchev–Trinajstić information content (AvgIpc) is 2.11. The lowest BCUT2D eigenvalue weighted by molar-refractivity contribution is -0.144. The molecular weight excluding hydrogens is 270 g/mol. The van der Waals surface area contributed by atoms with Crippen molar-refractivity contribution in [1.29, 1.82) is 0 Å². The smallest absolute Gasteiger partial charge is 0.166 e. The van der Waals surface area contributed by atoms with Gasteiger partial charge in [0.15, 0.2) is 0 Å². The number of hydrogen-bond donors (Lipinski definition) is 0. The van der Waals surface area contributed by atoms with Crippen LogP contribution >= 0.6 is 0 Å². The van der Waals surface area contributed by atoms with Crippen LogP contribution in [-0.4, -0.2) is 0 Å². The maximum Gasteiger partial charge on any atom is 0.416 e. The minimum atomic E-state index is -4.79. The molecule has 0 amide bonds. The van der Waals surface area contributed by atoms with Crippen LogP contribution in [-0.2, 0) is 18.8 Å². The topological polar surface area (TPSA) is 0 Å². The van der Waals surface area contributed by atoms with Gasteiger partial charge in [-0.05, 0) is 29.5 Å². The van der Waals surface area contributed by atoms with Crippen LogP contribution in [0.4, 0.5) is 26.3 Å². The van der Waals surface area contributed by atoms with E-state index in [1.54, 1.807) is 20.8 Å². The molecule has 0 fully saturated rings. The largest absolute Gasteiger partial charge is 0.416 e. The summed E-state index contributed by atoms with van der Waals surface area (Å²) in [7, 11) is 0. The third kappa shape index (κ3) is 4.14. The highest BCUT2D eigenvalue weighted by Crippen LogP contribution is 2.41. The lowest BCUT2D eigenvalue weighted by Gasteiger charge is -2.24. The van der Waals surface area contributed by atoms with Crippen molar-refractivity contribution < 1.29 is 26.3 Å². The molecule has 1 rings (SSSR count). The lowest BCUT2D eigenvalue weighted by Crippen LogP contribution is -2.21. The van der Waals surface area contributed by atoms with Crippen molar-refractivity contribution in [2.24, 2.45) is 5.41 Å². The van der Waals surface area contributed by atoms with Crippen molar-refractivity contribution in [3.8, 4) is 0 Å². The van der Waals surface area contributed by atoms with Crippen molar-refractivity contribution in [3.05, 3.63) is 34.9 Å². The molecule has 0 saturated carbocycles. The van der Waals surface area contributed by atoms with Gasteiger partial charge in [-0.3, -0.25) is 0 Å². The van der Waals surface area contributed by atoms with Crippen molar-refractivity contribution in [3.63, 3.8) is 0 Å². The third-order valence-electron chi connectivity index (χ3n) is 2.49. The van der Waals surface area contributed by atoms with Gasteiger partial charge >= 0.3 is 12.4 Å². The third-order valence-corrected chi connectivity index (χ3v) is 2.49. The molecule has 0 aliphatic carbocycles. The normalized spacial score (nSPS) is 13.7. The molecular formula is C13H14F6. The number of alkyl halides is 6. The van der Waals surface area contributed by atoms with Gasteiger partial charge in [0.2, 0.25) is 0 Å². The maximum atomic E-state index is 12.8. The Balaban J connectivity index is 3.51. The van der Waals surface area contributed by atoms with Crippen molar-refractivity contribution in [2.45, 2.75) is 39.5 Å². The van der Waals surface area contributed by atoms with Gasteiger partial charge in [0, 0.05) is 0 Å². The SMILES string of the molecule is CC(C)(C)Cc1c(C(F)(F)F)cccc1C(F)(F)F. The van der Waals surface area contributed by atoms with Crippen molar-refractivity contribution in [2.75, 3.05) is 0 Å². The molecule has 0 spiro atoms. The van der Waals surface area contributed by atoms with Gasteiger partial charge in [-0.2, -0.15) is 26.3 Å². The Morgan fingerprint density at radius 3 is 1.42 bits per heavy atom.